The van der Waals surface area contributed by atoms with Gasteiger partial charge in [0, 0.05) is 17.7 Å². The van der Waals surface area contributed by atoms with Gasteiger partial charge in [0.25, 0.3) is 5.91 Å². The van der Waals surface area contributed by atoms with E-state index in [0.717, 1.165) is 17.4 Å². The van der Waals surface area contributed by atoms with Crippen LogP contribution >= 0.6 is 11.3 Å². The van der Waals surface area contributed by atoms with Crippen molar-refractivity contribution < 1.29 is 17.9 Å². The second-order valence-corrected chi connectivity index (χ2v) is 10.0. The number of hydrogen-bond donors (Lipinski definition) is 1. The largest absolute Gasteiger partial charge is 0.494 e. The minimum Gasteiger partial charge on any atom is -0.494 e. The van der Waals surface area contributed by atoms with Crippen LogP contribution in [0.1, 0.15) is 40.2 Å². The van der Waals surface area contributed by atoms with Crippen LogP contribution in [0.2, 0.25) is 0 Å². The van der Waals surface area contributed by atoms with Crippen LogP contribution in [0.5, 0.6) is 5.75 Å². The molecule has 1 atom stereocenters. The van der Waals surface area contributed by atoms with E-state index in [1.807, 2.05) is 48.7 Å². The number of benzene rings is 2. The molecule has 2 heterocycles. The lowest BCUT2D eigenvalue weighted by atomic mass is 9.97. The van der Waals surface area contributed by atoms with Gasteiger partial charge in [0.1, 0.15) is 5.75 Å². The maximum absolute atomic E-state index is 13.3. The van der Waals surface area contributed by atoms with E-state index in [1.165, 1.54) is 16.3 Å². The number of para-hydroxylation sites is 1. The van der Waals surface area contributed by atoms with Crippen molar-refractivity contribution in [1.82, 2.24) is 5.01 Å². The SMILES string of the molecule is CCOc1ccccc1C1CC(c2cccc(NS(C)(=O)=O)c2)=NN1C(=O)c1cccs1. The van der Waals surface area contributed by atoms with Crippen LogP contribution in [0.4, 0.5) is 5.69 Å². The van der Waals surface area contributed by atoms with E-state index in [1.54, 1.807) is 24.3 Å². The number of nitrogens with one attached hydrogen (secondary N) is 1. The van der Waals surface area contributed by atoms with E-state index in [2.05, 4.69) is 9.82 Å². The summed E-state index contributed by atoms with van der Waals surface area (Å²) in [4.78, 5) is 13.9. The lowest BCUT2D eigenvalue weighted by Gasteiger charge is -2.23. The van der Waals surface area contributed by atoms with Crippen LogP contribution in [0.15, 0.2) is 71.1 Å². The molecule has 0 bridgehead atoms. The highest BCUT2D eigenvalue weighted by molar-refractivity contribution is 7.92. The summed E-state index contributed by atoms with van der Waals surface area (Å²) in [5.41, 5.74) is 2.77. The Bertz CT molecular complexity index is 1250. The zero-order chi connectivity index (χ0) is 22.7. The van der Waals surface area contributed by atoms with Gasteiger partial charge in [-0.15, -0.1) is 11.3 Å². The van der Waals surface area contributed by atoms with E-state index in [-0.39, 0.29) is 11.9 Å². The summed E-state index contributed by atoms with van der Waals surface area (Å²) in [7, 11) is -3.41. The lowest BCUT2D eigenvalue weighted by Crippen LogP contribution is -2.26. The maximum Gasteiger partial charge on any atom is 0.284 e. The first-order valence-electron chi connectivity index (χ1n) is 10.1. The summed E-state index contributed by atoms with van der Waals surface area (Å²) in [6.45, 7) is 2.43. The first kappa shape index (κ1) is 22.0. The van der Waals surface area contributed by atoms with Gasteiger partial charge < -0.3 is 4.74 Å². The minimum absolute atomic E-state index is 0.184. The average molecular weight is 470 g/mol. The van der Waals surface area contributed by atoms with Crippen LogP contribution in [0.25, 0.3) is 0 Å². The van der Waals surface area contributed by atoms with Gasteiger partial charge in [0.05, 0.1) is 29.5 Å². The summed E-state index contributed by atoms with van der Waals surface area (Å²) in [6, 6.07) is 18.0. The van der Waals surface area contributed by atoms with Crippen LogP contribution < -0.4 is 9.46 Å². The minimum atomic E-state index is -3.41. The molecule has 0 spiro atoms. The fourth-order valence-corrected chi connectivity index (χ4v) is 4.86. The highest BCUT2D eigenvalue weighted by Crippen LogP contribution is 2.39. The molecule has 0 saturated carbocycles. The van der Waals surface area contributed by atoms with Crippen molar-refractivity contribution in [1.29, 1.82) is 0 Å². The molecule has 0 fully saturated rings. The summed E-state index contributed by atoms with van der Waals surface area (Å²) in [5, 5.41) is 8.05. The quantitative estimate of drug-likeness (QED) is 0.551. The van der Waals surface area contributed by atoms with Crippen LogP contribution in [0, 0.1) is 0 Å². The Morgan fingerprint density at radius 2 is 2.00 bits per heavy atom. The van der Waals surface area contributed by atoms with Gasteiger partial charge in [0.2, 0.25) is 10.0 Å². The van der Waals surface area contributed by atoms with Gasteiger partial charge >= 0.3 is 0 Å². The molecule has 1 N–H and O–H groups in total. The van der Waals surface area contributed by atoms with E-state index in [4.69, 9.17) is 4.74 Å². The molecular formula is C23H23N3O4S2. The molecule has 0 saturated heterocycles. The molecule has 1 aliphatic rings. The Hall–Kier alpha value is -3.17. The number of ether oxygens (including phenoxy) is 1. The number of thiophene rings is 1. The highest BCUT2D eigenvalue weighted by atomic mass is 32.2. The molecule has 0 aliphatic carbocycles. The molecule has 3 aromatic rings. The van der Waals surface area contributed by atoms with Gasteiger partial charge in [-0.2, -0.15) is 5.10 Å². The molecule has 0 radical (unpaired) electrons. The van der Waals surface area contributed by atoms with Gasteiger partial charge in [-0.25, -0.2) is 13.4 Å². The molecule has 4 rings (SSSR count). The van der Waals surface area contributed by atoms with Crippen molar-refractivity contribution >= 4 is 38.7 Å². The van der Waals surface area contributed by atoms with E-state index >= 15 is 0 Å². The average Bonchev–Trinajstić information content (AvgIpc) is 3.43. The number of carbonyl (C=O) groups is 1. The molecule has 1 aromatic heterocycles. The fourth-order valence-electron chi connectivity index (χ4n) is 3.65. The number of anilines is 1. The van der Waals surface area contributed by atoms with Gasteiger partial charge in [-0.3, -0.25) is 9.52 Å². The molecule has 9 heteroatoms. The number of hydrogen-bond acceptors (Lipinski definition) is 6. The lowest BCUT2D eigenvalue weighted by molar-refractivity contribution is 0.0714. The van der Waals surface area contributed by atoms with Crippen molar-refractivity contribution in [3.05, 3.63) is 82.0 Å². The van der Waals surface area contributed by atoms with Gasteiger partial charge in [0.15, 0.2) is 0 Å². The standard InChI is InChI=1S/C23H23N3O4S2/c1-3-30-21-11-5-4-10-18(21)20-15-19(24-26(20)23(27)22-12-7-13-31-22)16-8-6-9-17(14-16)25-32(2,28)29/h4-14,20,25H,3,15H2,1-2H3. The van der Waals surface area contributed by atoms with Crippen molar-refractivity contribution in [2.24, 2.45) is 5.10 Å². The van der Waals surface area contributed by atoms with E-state index in [0.29, 0.717) is 35.1 Å². The maximum atomic E-state index is 13.3. The predicted molar refractivity (Wildman–Crippen MR) is 127 cm³/mol. The van der Waals surface area contributed by atoms with E-state index < -0.39 is 10.0 Å². The van der Waals surface area contributed by atoms with Crippen molar-refractivity contribution in [2.75, 3.05) is 17.6 Å². The smallest absolute Gasteiger partial charge is 0.284 e. The zero-order valence-corrected chi connectivity index (χ0v) is 19.3. The second kappa shape index (κ2) is 9.13. The van der Waals surface area contributed by atoms with Crippen molar-refractivity contribution in [2.45, 2.75) is 19.4 Å². The number of rotatable bonds is 7. The first-order chi connectivity index (χ1) is 15.4. The fraction of sp³-hybridized carbons (Fsp3) is 0.217. The topological polar surface area (TPSA) is 88.1 Å². The summed E-state index contributed by atoms with van der Waals surface area (Å²) < 4.78 is 31.6. The Kier molecular flexibility index (Phi) is 6.29. The third-order valence-electron chi connectivity index (χ3n) is 4.93. The monoisotopic (exact) mass is 469 g/mol. The summed E-state index contributed by atoms with van der Waals surface area (Å²) in [5.74, 6) is 0.532. The normalized spacial score (nSPS) is 16.0. The molecule has 1 aliphatic heterocycles. The number of carbonyl (C=O) groups excluding carboxylic acids is 1. The number of amides is 1. The Morgan fingerprint density at radius 1 is 1.19 bits per heavy atom. The van der Waals surface area contributed by atoms with Gasteiger partial charge in [-0.1, -0.05) is 36.4 Å². The third-order valence-corrected chi connectivity index (χ3v) is 6.39. The van der Waals surface area contributed by atoms with Crippen molar-refractivity contribution in [3.8, 4) is 5.75 Å². The van der Waals surface area contributed by atoms with Crippen LogP contribution in [0.3, 0.4) is 0 Å². The number of hydrazone groups is 1. The molecule has 7 nitrogen and oxygen atoms in total. The van der Waals surface area contributed by atoms with Crippen molar-refractivity contribution in [3.63, 3.8) is 0 Å². The summed E-state index contributed by atoms with van der Waals surface area (Å²) in [6.07, 6.45) is 1.58. The number of sulfonamides is 1. The van der Waals surface area contributed by atoms with Gasteiger partial charge in [-0.05, 0) is 42.1 Å². The molecule has 32 heavy (non-hydrogen) atoms. The summed E-state index contributed by atoms with van der Waals surface area (Å²) >= 11 is 1.37. The predicted octanol–water partition coefficient (Wildman–Crippen LogP) is 4.51. The molecule has 2 aromatic carbocycles. The van der Waals surface area contributed by atoms with E-state index in [9.17, 15) is 13.2 Å². The third kappa shape index (κ3) is 4.84. The highest BCUT2D eigenvalue weighted by Gasteiger charge is 2.35. The van der Waals surface area contributed by atoms with Crippen LogP contribution in [-0.2, 0) is 10.0 Å². The molecular weight excluding hydrogens is 446 g/mol. The zero-order valence-electron chi connectivity index (χ0n) is 17.7. The Morgan fingerprint density at radius 3 is 2.72 bits per heavy atom. The molecule has 166 valence electrons. The first-order valence-corrected chi connectivity index (χ1v) is 12.9. The van der Waals surface area contributed by atoms with Crippen LogP contribution in [-0.4, -0.2) is 37.9 Å². The Balaban J connectivity index is 1.74. The molecule has 1 unspecified atom stereocenters. The second-order valence-electron chi connectivity index (χ2n) is 7.32. The number of nitrogens with zero attached hydrogens (tertiary/aromatic N) is 2. The molecule has 1 amide bonds. The Labute approximate surface area is 191 Å².